The van der Waals surface area contributed by atoms with Gasteiger partial charge in [0.05, 0.1) is 5.92 Å². The van der Waals surface area contributed by atoms with Gasteiger partial charge in [0.25, 0.3) is 5.91 Å². The van der Waals surface area contributed by atoms with E-state index in [-0.39, 0.29) is 24.3 Å². The Kier molecular flexibility index (Phi) is 6.84. The predicted octanol–water partition coefficient (Wildman–Crippen LogP) is 2.55. The molecule has 10 nitrogen and oxygen atoms in total. The summed E-state index contributed by atoms with van der Waals surface area (Å²) in [7, 11) is 1.56. The van der Waals surface area contributed by atoms with E-state index in [1.807, 2.05) is 0 Å². The molecule has 0 spiro atoms. The van der Waals surface area contributed by atoms with Crippen molar-refractivity contribution in [1.82, 2.24) is 25.2 Å². The number of likely N-dealkylation sites (N-methyl/N-ethyl adjacent to an activating group) is 1. The molecule has 2 aromatic rings. The number of aromatic nitrogens is 3. The fraction of sp³-hybridized carbons (Fsp3) is 0.538. The molecule has 3 aliphatic rings. The van der Waals surface area contributed by atoms with Gasteiger partial charge in [0.1, 0.15) is 11.9 Å². The molecular weight excluding hydrogens is 458 g/mol. The van der Waals surface area contributed by atoms with Gasteiger partial charge in [-0.15, -0.1) is 0 Å². The first-order valence-electron chi connectivity index (χ1n) is 12.8. The highest BCUT2D eigenvalue weighted by Crippen LogP contribution is 2.41. The molecule has 3 heterocycles. The lowest BCUT2D eigenvalue weighted by Gasteiger charge is -2.46. The predicted molar refractivity (Wildman–Crippen MR) is 134 cm³/mol. The number of β-lactam (4-membered cyclic amide) rings is 1. The lowest BCUT2D eigenvalue weighted by Crippen LogP contribution is -2.71. The number of imide groups is 1. The molecule has 5 rings (SSSR count). The van der Waals surface area contributed by atoms with Gasteiger partial charge < -0.3 is 11.1 Å². The van der Waals surface area contributed by atoms with E-state index in [0.29, 0.717) is 17.7 Å². The van der Waals surface area contributed by atoms with Crippen LogP contribution < -0.4 is 16.0 Å². The van der Waals surface area contributed by atoms with Gasteiger partial charge in [0.2, 0.25) is 11.9 Å². The average Bonchev–Trinajstić information content (AvgIpc) is 3.74. The number of amides is 4. The number of nitrogens with two attached hydrogens (primary N) is 1. The SMILES string of the molecule is CN(C(=O)[C@@H]1[C@@H](Cc2ccnc(N)c2)C(=O)N1C(=O)N[C@@H](C1CCCCC1)C1CC1)c1ncccn1. The summed E-state index contributed by atoms with van der Waals surface area (Å²) in [4.78, 5) is 55.2. The van der Waals surface area contributed by atoms with Gasteiger partial charge in [-0.3, -0.25) is 19.4 Å². The quantitative estimate of drug-likeness (QED) is 0.568. The molecule has 3 N–H and O–H groups in total. The highest BCUT2D eigenvalue weighted by Gasteiger charge is 2.56. The highest BCUT2D eigenvalue weighted by atomic mass is 16.2. The molecule has 4 amide bonds. The molecular formula is C26H33N7O3. The molecule has 190 valence electrons. The molecule has 2 aromatic heterocycles. The van der Waals surface area contributed by atoms with E-state index in [2.05, 4.69) is 20.3 Å². The minimum Gasteiger partial charge on any atom is -0.384 e. The summed E-state index contributed by atoms with van der Waals surface area (Å²) in [6, 6.07) is 3.74. The van der Waals surface area contributed by atoms with Crippen molar-refractivity contribution in [1.29, 1.82) is 0 Å². The monoisotopic (exact) mass is 491 g/mol. The maximum Gasteiger partial charge on any atom is 0.325 e. The van der Waals surface area contributed by atoms with Crippen molar-refractivity contribution in [3.63, 3.8) is 0 Å². The van der Waals surface area contributed by atoms with E-state index in [4.69, 9.17) is 5.73 Å². The smallest absolute Gasteiger partial charge is 0.325 e. The topological polar surface area (TPSA) is 134 Å². The second kappa shape index (κ2) is 10.2. The number of nitrogen functional groups attached to an aromatic ring is 1. The lowest BCUT2D eigenvalue weighted by atomic mass is 9.81. The van der Waals surface area contributed by atoms with Crippen LogP contribution >= 0.6 is 0 Å². The third-order valence-electron chi connectivity index (χ3n) is 7.75. The maximum atomic E-state index is 13.6. The number of nitrogens with one attached hydrogen (secondary N) is 1. The van der Waals surface area contributed by atoms with Gasteiger partial charge in [0, 0.05) is 31.7 Å². The largest absolute Gasteiger partial charge is 0.384 e. The second-order valence-electron chi connectivity index (χ2n) is 10.2. The second-order valence-corrected chi connectivity index (χ2v) is 10.2. The van der Waals surface area contributed by atoms with E-state index < -0.39 is 23.9 Å². The first kappa shape index (κ1) is 24.1. The number of hydrogen-bond donors (Lipinski definition) is 2. The Morgan fingerprint density at radius 2 is 1.78 bits per heavy atom. The van der Waals surface area contributed by atoms with Crippen LogP contribution in [0, 0.1) is 17.8 Å². The fourth-order valence-corrected chi connectivity index (χ4v) is 5.67. The zero-order valence-corrected chi connectivity index (χ0v) is 20.5. The summed E-state index contributed by atoms with van der Waals surface area (Å²) in [6.07, 6.45) is 12.9. The van der Waals surface area contributed by atoms with Crippen molar-refractivity contribution in [2.75, 3.05) is 17.7 Å². The summed E-state index contributed by atoms with van der Waals surface area (Å²) >= 11 is 0. The van der Waals surface area contributed by atoms with Gasteiger partial charge >= 0.3 is 6.03 Å². The standard InChI is InChI=1S/C26H33N7O3/c1-32(25-29-11-5-12-30-25)24(35)22-19(14-16-10-13-28-20(27)15-16)23(34)33(22)26(36)31-21(18-8-9-18)17-6-3-2-4-7-17/h5,10-13,15,17-19,21-22H,2-4,6-9,14H2,1H3,(H2,27,28)(H,31,36)/t19-,21+,22+/m1/s1. The molecule has 1 aliphatic heterocycles. The first-order chi connectivity index (χ1) is 17.4. The van der Waals surface area contributed by atoms with Crippen molar-refractivity contribution < 1.29 is 14.4 Å². The van der Waals surface area contributed by atoms with Crippen LogP contribution in [0.25, 0.3) is 0 Å². The van der Waals surface area contributed by atoms with E-state index in [1.165, 1.54) is 24.2 Å². The molecule has 2 aliphatic carbocycles. The van der Waals surface area contributed by atoms with Crippen molar-refractivity contribution in [3.8, 4) is 0 Å². The minimum absolute atomic E-state index is 0.0515. The summed E-state index contributed by atoms with van der Waals surface area (Å²) in [5.41, 5.74) is 6.61. The Bertz CT molecular complexity index is 1120. The number of anilines is 2. The molecule has 0 aromatic carbocycles. The summed E-state index contributed by atoms with van der Waals surface area (Å²) in [6.45, 7) is 0. The van der Waals surface area contributed by atoms with Crippen LogP contribution in [0.5, 0.6) is 0 Å². The number of nitrogens with zero attached hydrogens (tertiary/aromatic N) is 5. The number of pyridine rings is 1. The average molecular weight is 492 g/mol. The Labute approximate surface area is 210 Å². The van der Waals surface area contributed by atoms with E-state index >= 15 is 0 Å². The first-order valence-corrected chi connectivity index (χ1v) is 12.8. The molecule has 3 atom stereocenters. The van der Waals surface area contributed by atoms with E-state index in [1.54, 1.807) is 43.8 Å². The Hall–Kier alpha value is -3.56. The van der Waals surface area contributed by atoms with Crippen molar-refractivity contribution in [2.45, 2.75) is 63.5 Å². The van der Waals surface area contributed by atoms with Gasteiger partial charge in [-0.25, -0.2) is 19.7 Å². The third-order valence-corrected chi connectivity index (χ3v) is 7.75. The number of carbonyl (C=O) groups is 3. The van der Waals surface area contributed by atoms with Crippen LogP contribution in [-0.4, -0.2) is 56.8 Å². The zero-order chi connectivity index (χ0) is 25.2. The van der Waals surface area contributed by atoms with Crippen molar-refractivity contribution in [3.05, 3.63) is 42.4 Å². The minimum atomic E-state index is -0.952. The maximum absolute atomic E-state index is 13.6. The van der Waals surface area contributed by atoms with Crippen LogP contribution in [-0.2, 0) is 16.0 Å². The molecule has 0 radical (unpaired) electrons. The Morgan fingerprint density at radius 1 is 1.08 bits per heavy atom. The van der Waals surface area contributed by atoms with Gasteiger partial charge in [-0.05, 0) is 67.7 Å². The van der Waals surface area contributed by atoms with Crippen molar-refractivity contribution in [2.24, 2.45) is 17.8 Å². The van der Waals surface area contributed by atoms with E-state index in [0.717, 1.165) is 36.1 Å². The van der Waals surface area contributed by atoms with Crippen LogP contribution in [0.1, 0.15) is 50.5 Å². The van der Waals surface area contributed by atoms with Crippen LogP contribution in [0.4, 0.5) is 16.6 Å². The molecule has 10 heteroatoms. The van der Waals surface area contributed by atoms with Crippen LogP contribution in [0.15, 0.2) is 36.8 Å². The number of carbonyl (C=O) groups excluding carboxylic acids is 3. The molecule has 0 unspecified atom stereocenters. The number of hydrogen-bond acceptors (Lipinski definition) is 7. The normalized spacial score (nSPS) is 23.0. The van der Waals surface area contributed by atoms with Gasteiger partial charge in [-0.2, -0.15) is 0 Å². The van der Waals surface area contributed by atoms with Gasteiger partial charge in [-0.1, -0.05) is 19.3 Å². The number of likely N-dealkylation sites (tertiary alicyclic amines) is 1. The Balaban J connectivity index is 1.37. The molecule has 2 saturated carbocycles. The lowest BCUT2D eigenvalue weighted by molar-refractivity contribution is -0.156. The van der Waals surface area contributed by atoms with E-state index in [9.17, 15) is 14.4 Å². The number of urea groups is 1. The fourth-order valence-electron chi connectivity index (χ4n) is 5.67. The highest BCUT2D eigenvalue weighted by molar-refractivity contribution is 6.12. The summed E-state index contributed by atoms with van der Waals surface area (Å²) in [5.74, 6) is -0.00977. The molecule has 0 bridgehead atoms. The summed E-state index contributed by atoms with van der Waals surface area (Å²) < 4.78 is 0. The third kappa shape index (κ3) is 4.89. The van der Waals surface area contributed by atoms with Crippen molar-refractivity contribution >= 4 is 29.6 Å². The Morgan fingerprint density at radius 3 is 2.44 bits per heavy atom. The van der Waals surface area contributed by atoms with Gasteiger partial charge in [0.15, 0.2) is 0 Å². The molecule has 1 saturated heterocycles. The zero-order valence-electron chi connectivity index (χ0n) is 20.5. The van der Waals surface area contributed by atoms with Crippen LogP contribution in [0.2, 0.25) is 0 Å². The molecule has 3 fully saturated rings. The van der Waals surface area contributed by atoms with Crippen LogP contribution in [0.3, 0.4) is 0 Å². The number of rotatable bonds is 7. The molecule has 36 heavy (non-hydrogen) atoms. The summed E-state index contributed by atoms with van der Waals surface area (Å²) in [5, 5.41) is 3.17.